The SMILES string of the molecule is COc1cccc(CC(N)c2cccc3c2OCCO3)c1. The summed E-state index contributed by atoms with van der Waals surface area (Å²) < 4.78 is 16.6. The van der Waals surface area contributed by atoms with Gasteiger partial charge in [-0.15, -0.1) is 0 Å². The van der Waals surface area contributed by atoms with Crippen molar-refractivity contribution >= 4 is 0 Å². The highest BCUT2D eigenvalue weighted by molar-refractivity contribution is 5.49. The molecule has 0 saturated carbocycles. The molecule has 0 saturated heterocycles. The molecule has 1 atom stereocenters. The van der Waals surface area contributed by atoms with Gasteiger partial charge < -0.3 is 19.9 Å². The number of rotatable bonds is 4. The predicted molar refractivity (Wildman–Crippen MR) is 81.1 cm³/mol. The molecular weight excluding hydrogens is 266 g/mol. The van der Waals surface area contributed by atoms with E-state index in [0.717, 1.165) is 34.8 Å². The van der Waals surface area contributed by atoms with E-state index in [1.165, 1.54) is 0 Å². The van der Waals surface area contributed by atoms with Crippen molar-refractivity contribution in [3.8, 4) is 17.2 Å². The summed E-state index contributed by atoms with van der Waals surface area (Å²) in [5, 5.41) is 0. The smallest absolute Gasteiger partial charge is 0.166 e. The Kier molecular flexibility index (Phi) is 3.97. The molecule has 21 heavy (non-hydrogen) atoms. The van der Waals surface area contributed by atoms with Gasteiger partial charge in [-0.25, -0.2) is 0 Å². The molecule has 4 nitrogen and oxygen atoms in total. The van der Waals surface area contributed by atoms with Crippen LogP contribution >= 0.6 is 0 Å². The molecule has 2 N–H and O–H groups in total. The Morgan fingerprint density at radius 1 is 1.14 bits per heavy atom. The third-order valence-electron chi connectivity index (χ3n) is 3.59. The van der Waals surface area contributed by atoms with Gasteiger partial charge in [0.05, 0.1) is 7.11 Å². The third-order valence-corrected chi connectivity index (χ3v) is 3.59. The highest BCUT2D eigenvalue weighted by atomic mass is 16.6. The van der Waals surface area contributed by atoms with Crippen LogP contribution in [0.5, 0.6) is 17.2 Å². The number of ether oxygens (including phenoxy) is 3. The fraction of sp³-hybridized carbons (Fsp3) is 0.294. The van der Waals surface area contributed by atoms with Gasteiger partial charge in [-0.1, -0.05) is 24.3 Å². The van der Waals surface area contributed by atoms with Crippen LogP contribution in [0.1, 0.15) is 17.2 Å². The molecule has 0 bridgehead atoms. The number of hydrogen-bond donors (Lipinski definition) is 1. The second kappa shape index (κ2) is 6.06. The number of para-hydroxylation sites is 1. The summed E-state index contributed by atoms with van der Waals surface area (Å²) in [6, 6.07) is 13.7. The molecule has 0 aromatic heterocycles. The minimum Gasteiger partial charge on any atom is -0.497 e. The highest BCUT2D eigenvalue weighted by Gasteiger charge is 2.20. The molecule has 1 aliphatic rings. The number of methoxy groups -OCH3 is 1. The summed E-state index contributed by atoms with van der Waals surface area (Å²) in [5.74, 6) is 2.40. The first-order valence-electron chi connectivity index (χ1n) is 7.05. The lowest BCUT2D eigenvalue weighted by molar-refractivity contribution is 0.169. The van der Waals surface area contributed by atoms with E-state index in [9.17, 15) is 0 Å². The zero-order valence-corrected chi connectivity index (χ0v) is 12.0. The lowest BCUT2D eigenvalue weighted by atomic mass is 9.98. The average Bonchev–Trinajstić information content (AvgIpc) is 2.54. The van der Waals surface area contributed by atoms with Gasteiger partial charge in [0, 0.05) is 11.6 Å². The van der Waals surface area contributed by atoms with Gasteiger partial charge in [-0.3, -0.25) is 0 Å². The van der Waals surface area contributed by atoms with Gasteiger partial charge in [0.15, 0.2) is 11.5 Å². The molecule has 3 rings (SSSR count). The van der Waals surface area contributed by atoms with Crippen molar-refractivity contribution in [3.63, 3.8) is 0 Å². The van der Waals surface area contributed by atoms with Crippen LogP contribution in [0.2, 0.25) is 0 Å². The van der Waals surface area contributed by atoms with E-state index >= 15 is 0 Å². The molecule has 110 valence electrons. The zero-order chi connectivity index (χ0) is 14.7. The number of nitrogens with two attached hydrogens (primary N) is 1. The van der Waals surface area contributed by atoms with Crippen molar-refractivity contribution in [3.05, 3.63) is 53.6 Å². The predicted octanol–water partition coefficient (Wildman–Crippen LogP) is 2.71. The van der Waals surface area contributed by atoms with Crippen molar-refractivity contribution in [2.45, 2.75) is 12.5 Å². The summed E-state index contributed by atoms with van der Waals surface area (Å²) in [4.78, 5) is 0. The minimum absolute atomic E-state index is 0.145. The Bertz CT molecular complexity index is 627. The van der Waals surface area contributed by atoms with Crippen LogP contribution in [0.15, 0.2) is 42.5 Å². The standard InChI is InChI=1S/C17H19NO3/c1-19-13-5-2-4-12(10-13)11-15(18)14-6-3-7-16-17(14)21-9-8-20-16/h2-7,10,15H,8-9,11,18H2,1H3. The van der Waals surface area contributed by atoms with Crippen LogP contribution in [0.3, 0.4) is 0 Å². The van der Waals surface area contributed by atoms with Gasteiger partial charge in [-0.05, 0) is 30.2 Å². The lowest BCUT2D eigenvalue weighted by Gasteiger charge is -2.23. The molecule has 2 aromatic rings. The average molecular weight is 285 g/mol. The lowest BCUT2D eigenvalue weighted by Crippen LogP contribution is -2.20. The van der Waals surface area contributed by atoms with Gasteiger partial charge in [0.2, 0.25) is 0 Å². The first-order chi connectivity index (χ1) is 10.3. The summed E-state index contributed by atoms with van der Waals surface area (Å²) in [6.07, 6.45) is 0.719. The van der Waals surface area contributed by atoms with Gasteiger partial charge in [0.1, 0.15) is 19.0 Å². The second-order valence-corrected chi connectivity index (χ2v) is 5.03. The summed E-state index contributed by atoms with van der Waals surface area (Å²) in [5.41, 5.74) is 8.48. The largest absolute Gasteiger partial charge is 0.497 e. The first kappa shape index (κ1) is 13.8. The molecule has 0 radical (unpaired) electrons. The quantitative estimate of drug-likeness (QED) is 0.938. The maximum Gasteiger partial charge on any atom is 0.166 e. The number of hydrogen-bond acceptors (Lipinski definition) is 4. The van der Waals surface area contributed by atoms with E-state index < -0.39 is 0 Å². The van der Waals surface area contributed by atoms with Crippen LogP contribution in [-0.4, -0.2) is 20.3 Å². The summed E-state index contributed by atoms with van der Waals surface area (Å²) in [7, 11) is 1.66. The van der Waals surface area contributed by atoms with Crippen molar-refractivity contribution in [2.24, 2.45) is 5.73 Å². The maximum atomic E-state index is 6.37. The van der Waals surface area contributed by atoms with E-state index in [-0.39, 0.29) is 6.04 Å². The van der Waals surface area contributed by atoms with E-state index in [1.807, 2.05) is 36.4 Å². The van der Waals surface area contributed by atoms with Crippen LogP contribution in [0.4, 0.5) is 0 Å². The van der Waals surface area contributed by atoms with E-state index in [2.05, 4.69) is 6.07 Å². The van der Waals surface area contributed by atoms with Crippen LogP contribution in [-0.2, 0) is 6.42 Å². The third kappa shape index (κ3) is 2.95. The number of benzene rings is 2. The highest BCUT2D eigenvalue weighted by Crippen LogP contribution is 2.37. The molecular formula is C17H19NO3. The van der Waals surface area contributed by atoms with Gasteiger partial charge in [0.25, 0.3) is 0 Å². The fourth-order valence-corrected chi connectivity index (χ4v) is 2.55. The topological polar surface area (TPSA) is 53.7 Å². The Morgan fingerprint density at radius 3 is 2.81 bits per heavy atom. The van der Waals surface area contributed by atoms with Crippen molar-refractivity contribution in [2.75, 3.05) is 20.3 Å². The van der Waals surface area contributed by atoms with Gasteiger partial charge >= 0.3 is 0 Å². The zero-order valence-electron chi connectivity index (χ0n) is 12.0. The Balaban J connectivity index is 1.83. The van der Waals surface area contributed by atoms with Crippen molar-refractivity contribution in [1.82, 2.24) is 0 Å². The second-order valence-electron chi connectivity index (χ2n) is 5.03. The molecule has 0 amide bonds. The Hall–Kier alpha value is -2.20. The van der Waals surface area contributed by atoms with Crippen molar-refractivity contribution < 1.29 is 14.2 Å². The Morgan fingerprint density at radius 2 is 1.95 bits per heavy atom. The summed E-state index contributed by atoms with van der Waals surface area (Å²) >= 11 is 0. The normalized spacial score (nSPS) is 14.6. The van der Waals surface area contributed by atoms with Crippen LogP contribution in [0, 0.1) is 0 Å². The fourth-order valence-electron chi connectivity index (χ4n) is 2.55. The molecule has 1 unspecified atom stereocenters. The monoisotopic (exact) mass is 285 g/mol. The molecule has 1 heterocycles. The van der Waals surface area contributed by atoms with E-state index in [4.69, 9.17) is 19.9 Å². The molecule has 0 spiro atoms. The molecule has 2 aromatic carbocycles. The Labute approximate surface area is 124 Å². The van der Waals surface area contributed by atoms with E-state index in [1.54, 1.807) is 7.11 Å². The van der Waals surface area contributed by atoms with Crippen molar-refractivity contribution in [1.29, 1.82) is 0 Å². The maximum absolute atomic E-state index is 6.37. The molecule has 0 aliphatic carbocycles. The van der Waals surface area contributed by atoms with E-state index in [0.29, 0.717) is 13.2 Å². The molecule has 4 heteroatoms. The van der Waals surface area contributed by atoms with Crippen LogP contribution < -0.4 is 19.9 Å². The van der Waals surface area contributed by atoms with Crippen LogP contribution in [0.25, 0.3) is 0 Å². The number of fused-ring (bicyclic) bond motifs is 1. The molecule has 0 fully saturated rings. The first-order valence-corrected chi connectivity index (χ1v) is 7.05. The summed E-state index contributed by atoms with van der Waals surface area (Å²) in [6.45, 7) is 1.15. The van der Waals surface area contributed by atoms with Gasteiger partial charge in [-0.2, -0.15) is 0 Å². The molecule has 1 aliphatic heterocycles. The minimum atomic E-state index is -0.145.